The van der Waals surface area contributed by atoms with E-state index >= 15 is 0 Å². The summed E-state index contributed by atoms with van der Waals surface area (Å²) in [6.45, 7) is 6.75. The summed E-state index contributed by atoms with van der Waals surface area (Å²) < 4.78 is 0. The van der Waals surface area contributed by atoms with Gasteiger partial charge in [-0.1, -0.05) is 20.8 Å². The Morgan fingerprint density at radius 2 is 2.15 bits per heavy atom. The Kier molecular flexibility index (Phi) is 1.94. The average Bonchev–Trinajstić information content (AvgIpc) is 2.72. The van der Waals surface area contributed by atoms with Crippen molar-refractivity contribution in [2.24, 2.45) is 5.41 Å². The molecule has 0 spiro atoms. The molecule has 0 radical (unpaired) electrons. The molecular weight excluding hydrogens is 160 g/mol. The van der Waals surface area contributed by atoms with Gasteiger partial charge in [-0.2, -0.15) is 5.10 Å². The van der Waals surface area contributed by atoms with Crippen molar-refractivity contribution in [2.45, 2.75) is 46.0 Å². The first-order valence-corrected chi connectivity index (χ1v) is 5.09. The van der Waals surface area contributed by atoms with Gasteiger partial charge in [0.2, 0.25) is 0 Å². The van der Waals surface area contributed by atoms with Gasteiger partial charge in [0.15, 0.2) is 0 Å². The number of nitrogens with zero attached hydrogens (tertiary/aromatic N) is 1. The van der Waals surface area contributed by atoms with Gasteiger partial charge < -0.3 is 0 Å². The number of H-pyrrole nitrogens is 1. The normalized spacial score (nSPS) is 17.8. The standard InChI is InChI=1S/C11H18N2/c1-11(2,3)7-9-6-10(13-12-9)8-4-5-8/h6,8H,4-5,7H2,1-3H3,(H,12,13). The topological polar surface area (TPSA) is 28.7 Å². The maximum atomic E-state index is 4.34. The molecular formula is C11H18N2. The van der Waals surface area contributed by atoms with Crippen LogP contribution in [0.3, 0.4) is 0 Å². The predicted octanol–water partition coefficient (Wildman–Crippen LogP) is 2.88. The molecule has 0 aliphatic heterocycles. The Balaban J connectivity index is 2.04. The predicted molar refractivity (Wildman–Crippen MR) is 53.7 cm³/mol. The van der Waals surface area contributed by atoms with Crippen molar-refractivity contribution in [1.29, 1.82) is 0 Å². The third-order valence-corrected chi connectivity index (χ3v) is 2.38. The monoisotopic (exact) mass is 178 g/mol. The maximum absolute atomic E-state index is 4.34. The number of aromatic amines is 1. The van der Waals surface area contributed by atoms with Crippen LogP contribution in [-0.4, -0.2) is 10.2 Å². The van der Waals surface area contributed by atoms with Crippen LogP contribution in [0.1, 0.15) is 50.9 Å². The molecule has 0 amide bonds. The van der Waals surface area contributed by atoms with Gasteiger partial charge in [0.25, 0.3) is 0 Å². The van der Waals surface area contributed by atoms with Gasteiger partial charge in [0.1, 0.15) is 0 Å². The van der Waals surface area contributed by atoms with Crippen LogP contribution in [0.4, 0.5) is 0 Å². The van der Waals surface area contributed by atoms with Crippen molar-refractivity contribution in [3.8, 4) is 0 Å². The van der Waals surface area contributed by atoms with Crippen molar-refractivity contribution in [3.05, 3.63) is 17.5 Å². The van der Waals surface area contributed by atoms with Crippen LogP contribution in [0.5, 0.6) is 0 Å². The third-order valence-electron chi connectivity index (χ3n) is 2.38. The van der Waals surface area contributed by atoms with Gasteiger partial charge in [-0.05, 0) is 30.7 Å². The lowest BCUT2D eigenvalue weighted by molar-refractivity contribution is 0.406. The van der Waals surface area contributed by atoms with Crippen LogP contribution in [0, 0.1) is 5.41 Å². The van der Waals surface area contributed by atoms with E-state index in [1.54, 1.807) is 0 Å². The summed E-state index contributed by atoms with van der Waals surface area (Å²) in [4.78, 5) is 0. The first-order valence-electron chi connectivity index (χ1n) is 5.09. The summed E-state index contributed by atoms with van der Waals surface area (Å²) in [6, 6.07) is 2.24. The van der Waals surface area contributed by atoms with Crippen molar-refractivity contribution >= 4 is 0 Å². The zero-order valence-corrected chi connectivity index (χ0v) is 8.72. The molecule has 0 unspecified atom stereocenters. The molecule has 1 aliphatic carbocycles. The van der Waals surface area contributed by atoms with Crippen LogP contribution in [0.2, 0.25) is 0 Å². The van der Waals surface area contributed by atoms with E-state index in [1.807, 2.05) is 0 Å². The van der Waals surface area contributed by atoms with Crippen molar-refractivity contribution < 1.29 is 0 Å². The first-order chi connectivity index (χ1) is 6.04. The van der Waals surface area contributed by atoms with Gasteiger partial charge in [-0.3, -0.25) is 5.10 Å². The lowest BCUT2D eigenvalue weighted by Crippen LogP contribution is -2.09. The van der Waals surface area contributed by atoms with E-state index in [1.165, 1.54) is 24.2 Å². The zero-order valence-electron chi connectivity index (χ0n) is 8.72. The Morgan fingerprint density at radius 3 is 2.69 bits per heavy atom. The van der Waals surface area contributed by atoms with Gasteiger partial charge in [0, 0.05) is 11.6 Å². The molecule has 0 bridgehead atoms. The molecule has 1 aromatic heterocycles. The molecule has 0 saturated heterocycles. The van der Waals surface area contributed by atoms with Crippen LogP contribution in [0.25, 0.3) is 0 Å². The first kappa shape index (κ1) is 8.79. The lowest BCUT2D eigenvalue weighted by Gasteiger charge is -2.15. The van der Waals surface area contributed by atoms with Gasteiger partial charge in [-0.15, -0.1) is 0 Å². The fourth-order valence-corrected chi connectivity index (χ4v) is 1.62. The number of hydrogen-bond donors (Lipinski definition) is 1. The molecule has 1 heterocycles. The van der Waals surface area contributed by atoms with Crippen LogP contribution in [0.15, 0.2) is 6.07 Å². The molecule has 2 heteroatoms. The Morgan fingerprint density at radius 1 is 1.46 bits per heavy atom. The van der Waals surface area contributed by atoms with Gasteiger partial charge in [-0.25, -0.2) is 0 Å². The van der Waals surface area contributed by atoms with E-state index in [-0.39, 0.29) is 0 Å². The van der Waals surface area contributed by atoms with Crippen LogP contribution in [-0.2, 0) is 6.42 Å². The van der Waals surface area contributed by atoms with Gasteiger partial charge in [0.05, 0.1) is 5.69 Å². The number of nitrogens with one attached hydrogen (secondary N) is 1. The molecule has 2 rings (SSSR count). The number of hydrogen-bond acceptors (Lipinski definition) is 1. The van der Waals surface area contributed by atoms with Crippen molar-refractivity contribution in [2.75, 3.05) is 0 Å². The van der Waals surface area contributed by atoms with E-state index < -0.39 is 0 Å². The number of aromatic nitrogens is 2. The molecule has 13 heavy (non-hydrogen) atoms. The summed E-state index contributed by atoms with van der Waals surface area (Å²) in [5.41, 5.74) is 2.91. The molecule has 0 aromatic carbocycles. The summed E-state index contributed by atoms with van der Waals surface area (Å²) in [7, 11) is 0. The molecule has 1 N–H and O–H groups in total. The second-order valence-corrected chi connectivity index (χ2v) is 5.33. The highest BCUT2D eigenvalue weighted by molar-refractivity contribution is 5.18. The minimum Gasteiger partial charge on any atom is -0.282 e. The fraction of sp³-hybridized carbons (Fsp3) is 0.727. The van der Waals surface area contributed by atoms with Crippen LogP contribution >= 0.6 is 0 Å². The quantitative estimate of drug-likeness (QED) is 0.741. The van der Waals surface area contributed by atoms with Gasteiger partial charge >= 0.3 is 0 Å². The second-order valence-electron chi connectivity index (χ2n) is 5.33. The summed E-state index contributed by atoms with van der Waals surface area (Å²) >= 11 is 0. The van der Waals surface area contributed by atoms with E-state index in [0.29, 0.717) is 5.41 Å². The minimum absolute atomic E-state index is 0.343. The molecule has 1 aliphatic rings. The molecule has 2 nitrogen and oxygen atoms in total. The Labute approximate surface area is 79.7 Å². The highest BCUT2D eigenvalue weighted by Gasteiger charge is 2.26. The smallest absolute Gasteiger partial charge is 0.0630 e. The third kappa shape index (κ3) is 2.33. The minimum atomic E-state index is 0.343. The molecule has 1 aromatic rings. The molecule has 0 atom stereocenters. The van der Waals surface area contributed by atoms with Crippen molar-refractivity contribution in [3.63, 3.8) is 0 Å². The largest absolute Gasteiger partial charge is 0.282 e. The molecule has 1 fully saturated rings. The summed E-state index contributed by atoms with van der Waals surface area (Å²) in [5, 5.41) is 7.48. The lowest BCUT2D eigenvalue weighted by atomic mass is 9.90. The molecule has 72 valence electrons. The Hall–Kier alpha value is -0.790. The van der Waals surface area contributed by atoms with Crippen LogP contribution < -0.4 is 0 Å². The highest BCUT2D eigenvalue weighted by atomic mass is 15.1. The maximum Gasteiger partial charge on any atom is 0.0630 e. The fourth-order valence-electron chi connectivity index (χ4n) is 1.62. The van der Waals surface area contributed by atoms with E-state index in [2.05, 4.69) is 37.0 Å². The average molecular weight is 178 g/mol. The zero-order chi connectivity index (χ0) is 9.47. The molecule has 1 saturated carbocycles. The Bertz CT molecular complexity index is 289. The van der Waals surface area contributed by atoms with Crippen molar-refractivity contribution in [1.82, 2.24) is 10.2 Å². The number of rotatable bonds is 2. The summed E-state index contributed by atoms with van der Waals surface area (Å²) in [5.74, 6) is 0.793. The van der Waals surface area contributed by atoms with E-state index in [4.69, 9.17) is 0 Å². The van der Waals surface area contributed by atoms with E-state index in [0.717, 1.165) is 12.3 Å². The second kappa shape index (κ2) is 2.86. The highest BCUT2D eigenvalue weighted by Crippen LogP contribution is 2.39. The SMILES string of the molecule is CC(C)(C)Cc1cc(C2CC2)[nH]n1. The summed E-state index contributed by atoms with van der Waals surface area (Å²) in [6.07, 6.45) is 3.75. The van der Waals surface area contributed by atoms with E-state index in [9.17, 15) is 0 Å².